The molecule has 0 aromatic carbocycles. The minimum atomic E-state index is 0.105. The van der Waals surface area contributed by atoms with Gasteiger partial charge in [0.25, 0.3) is 5.91 Å². The molecule has 0 unspecified atom stereocenters. The summed E-state index contributed by atoms with van der Waals surface area (Å²) in [5, 5.41) is 8.30. The molecule has 2 aromatic heterocycles. The van der Waals surface area contributed by atoms with Gasteiger partial charge in [0.05, 0.1) is 23.1 Å². The number of carbonyl (C=O) groups is 1. The van der Waals surface area contributed by atoms with Gasteiger partial charge in [-0.25, -0.2) is 0 Å². The van der Waals surface area contributed by atoms with Crippen LogP contribution in [0, 0.1) is 13.8 Å². The van der Waals surface area contributed by atoms with Crippen molar-refractivity contribution in [2.45, 2.75) is 40.2 Å². The Morgan fingerprint density at radius 2 is 1.96 bits per heavy atom. The van der Waals surface area contributed by atoms with Crippen molar-refractivity contribution in [3.63, 3.8) is 0 Å². The van der Waals surface area contributed by atoms with Crippen LogP contribution in [-0.2, 0) is 20.0 Å². The maximum Gasteiger partial charge on any atom is 0.257 e. The van der Waals surface area contributed by atoms with Gasteiger partial charge in [0, 0.05) is 45.3 Å². The van der Waals surface area contributed by atoms with E-state index in [1.165, 1.54) is 0 Å². The lowest BCUT2D eigenvalue weighted by Crippen LogP contribution is -2.48. The monoisotopic (exact) mass is 345 g/mol. The Morgan fingerprint density at radius 1 is 1.24 bits per heavy atom. The molecule has 0 N–H and O–H groups in total. The minimum Gasteiger partial charge on any atom is -0.361 e. The zero-order valence-electron chi connectivity index (χ0n) is 15.6. The Kier molecular flexibility index (Phi) is 5.22. The second-order valence-corrected chi connectivity index (χ2v) is 6.75. The van der Waals surface area contributed by atoms with Crippen molar-refractivity contribution in [2.75, 3.05) is 26.2 Å². The van der Waals surface area contributed by atoms with E-state index < -0.39 is 0 Å². The number of aromatic nitrogens is 3. The average Bonchev–Trinajstić information content (AvgIpc) is 3.13. The van der Waals surface area contributed by atoms with E-state index in [-0.39, 0.29) is 5.91 Å². The van der Waals surface area contributed by atoms with Crippen molar-refractivity contribution in [1.82, 2.24) is 24.7 Å². The molecule has 1 aliphatic rings. The van der Waals surface area contributed by atoms with Crippen LogP contribution in [-0.4, -0.2) is 56.8 Å². The number of aryl methyl sites for hydroxylation is 3. The second kappa shape index (κ2) is 7.39. The van der Waals surface area contributed by atoms with Crippen LogP contribution in [0.2, 0.25) is 0 Å². The number of hydrogen-bond acceptors (Lipinski definition) is 5. The molecule has 0 aliphatic carbocycles. The number of carbonyl (C=O) groups excluding carboxylic acids is 1. The zero-order valence-corrected chi connectivity index (χ0v) is 15.6. The molecular formula is C18H27N5O2. The van der Waals surface area contributed by atoms with Gasteiger partial charge in [-0.3, -0.25) is 14.4 Å². The number of hydrogen-bond donors (Lipinski definition) is 0. The molecule has 2 aromatic rings. The largest absolute Gasteiger partial charge is 0.361 e. The smallest absolute Gasteiger partial charge is 0.257 e. The van der Waals surface area contributed by atoms with E-state index in [9.17, 15) is 4.79 Å². The maximum absolute atomic E-state index is 12.9. The van der Waals surface area contributed by atoms with Crippen molar-refractivity contribution in [1.29, 1.82) is 0 Å². The van der Waals surface area contributed by atoms with E-state index in [0.29, 0.717) is 0 Å². The van der Waals surface area contributed by atoms with Gasteiger partial charge in [0.1, 0.15) is 5.76 Å². The molecule has 0 saturated carbocycles. The first-order chi connectivity index (χ1) is 12.0. The predicted molar refractivity (Wildman–Crippen MR) is 94.4 cm³/mol. The van der Waals surface area contributed by atoms with Gasteiger partial charge >= 0.3 is 0 Å². The first-order valence-corrected chi connectivity index (χ1v) is 8.95. The summed E-state index contributed by atoms with van der Waals surface area (Å²) in [7, 11) is 1.91. The molecule has 1 amide bonds. The number of piperazine rings is 1. The van der Waals surface area contributed by atoms with Crippen molar-refractivity contribution in [2.24, 2.45) is 7.05 Å². The predicted octanol–water partition coefficient (Wildman–Crippen LogP) is 1.94. The Hall–Kier alpha value is -2.15. The van der Waals surface area contributed by atoms with Crippen LogP contribution in [0.4, 0.5) is 0 Å². The lowest BCUT2D eigenvalue weighted by atomic mass is 10.1. The molecule has 0 radical (unpaired) electrons. The van der Waals surface area contributed by atoms with Gasteiger partial charge in [0.2, 0.25) is 0 Å². The highest BCUT2D eigenvalue weighted by molar-refractivity contribution is 5.95. The third kappa shape index (κ3) is 3.61. The molecule has 1 saturated heterocycles. The molecule has 1 fully saturated rings. The molecule has 7 nitrogen and oxygen atoms in total. The van der Waals surface area contributed by atoms with Crippen LogP contribution in [0.15, 0.2) is 10.7 Å². The van der Waals surface area contributed by atoms with Crippen molar-refractivity contribution in [3.8, 4) is 0 Å². The molecule has 7 heteroatoms. The summed E-state index contributed by atoms with van der Waals surface area (Å²) in [6, 6.07) is 0. The highest BCUT2D eigenvalue weighted by Crippen LogP contribution is 2.18. The first kappa shape index (κ1) is 17.7. The van der Waals surface area contributed by atoms with E-state index in [0.717, 1.165) is 73.8 Å². The van der Waals surface area contributed by atoms with E-state index in [1.807, 2.05) is 30.5 Å². The molecule has 25 heavy (non-hydrogen) atoms. The third-order valence-corrected chi connectivity index (χ3v) is 5.00. The summed E-state index contributed by atoms with van der Waals surface area (Å²) in [5.41, 5.74) is 3.90. The van der Waals surface area contributed by atoms with E-state index in [1.54, 1.807) is 6.20 Å². The number of rotatable bonds is 5. The Bertz CT molecular complexity index is 721. The second-order valence-electron chi connectivity index (χ2n) is 6.75. The summed E-state index contributed by atoms with van der Waals surface area (Å²) in [6.45, 7) is 10.1. The normalized spacial score (nSPS) is 15.8. The standard InChI is InChI=1S/C18H27N5O2/c1-5-6-17-15(11-19-21(17)4)18(24)23-9-7-22(8-10-23)12-16-13(2)20-25-14(16)3/h11H,5-10,12H2,1-4H3. The molecule has 0 atom stereocenters. The summed E-state index contributed by atoms with van der Waals surface area (Å²) in [6.07, 6.45) is 3.60. The molecule has 1 aliphatic heterocycles. The molecule has 3 heterocycles. The van der Waals surface area contributed by atoms with Crippen molar-refractivity contribution >= 4 is 5.91 Å². The van der Waals surface area contributed by atoms with Crippen LogP contribution in [0.25, 0.3) is 0 Å². The Labute approximate surface area is 148 Å². The van der Waals surface area contributed by atoms with Gasteiger partial charge in [-0.15, -0.1) is 0 Å². The van der Waals surface area contributed by atoms with Crippen molar-refractivity contribution in [3.05, 3.63) is 34.5 Å². The fraction of sp³-hybridized carbons (Fsp3) is 0.611. The fourth-order valence-corrected chi connectivity index (χ4v) is 3.41. The van der Waals surface area contributed by atoms with Crippen LogP contribution in [0.3, 0.4) is 0 Å². The summed E-state index contributed by atoms with van der Waals surface area (Å²) < 4.78 is 7.07. The van der Waals surface area contributed by atoms with Gasteiger partial charge in [-0.2, -0.15) is 5.10 Å². The van der Waals surface area contributed by atoms with E-state index in [2.05, 4.69) is 22.1 Å². The van der Waals surface area contributed by atoms with Gasteiger partial charge < -0.3 is 9.42 Å². The lowest BCUT2D eigenvalue weighted by Gasteiger charge is -2.34. The summed E-state index contributed by atoms with van der Waals surface area (Å²) in [4.78, 5) is 17.2. The van der Waals surface area contributed by atoms with Crippen LogP contribution < -0.4 is 0 Å². The highest BCUT2D eigenvalue weighted by atomic mass is 16.5. The lowest BCUT2D eigenvalue weighted by molar-refractivity contribution is 0.0626. The number of nitrogens with zero attached hydrogens (tertiary/aromatic N) is 5. The highest BCUT2D eigenvalue weighted by Gasteiger charge is 2.26. The molecule has 3 rings (SSSR count). The summed E-state index contributed by atoms with van der Waals surface area (Å²) in [5.74, 6) is 0.990. The minimum absolute atomic E-state index is 0.105. The maximum atomic E-state index is 12.9. The Morgan fingerprint density at radius 3 is 2.56 bits per heavy atom. The van der Waals surface area contributed by atoms with Gasteiger partial charge in [0.15, 0.2) is 0 Å². The summed E-state index contributed by atoms with van der Waals surface area (Å²) >= 11 is 0. The molecule has 136 valence electrons. The van der Waals surface area contributed by atoms with Crippen LogP contribution >= 0.6 is 0 Å². The van der Waals surface area contributed by atoms with Crippen LogP contribution in [0.1, 0.15) is 46.4 Å². The van der Waals surface area contributed by atoms with E-state index >= 15 is 0 Å². The van der Waals surface area contributed by atoms with Gasteiger partial charge in [-0.05, 0) is 20.3 Å². The topological polar surface area (TPSA) is 67.4 Å². The third-order valence-electron chi connectivity index (χ3n) is 5.00. The average molecular weight is 345 g/mol. The molecule has 0 spiro atoms. The van der Waals surface area contributed by atoms with E-state index in [4.69, 9.17) is 4.52 Å². The molecule has 0 bridgehead atoms. The SMILES string of the molecule is CCCc1c(C(=O)N2CCN(Cc3c(C)noc3C)CC2)cnn1C. The van der Waals surface area contributed by atoms with Crippen LogP contribution in [0.5, 0.6) is 0 Å². The fourth-order valence-electron chi connectivity index (χ4n) is 3.41. The van der Waals surface area contributed by atoms with Gasteiger partial charge in [-0.1, -0.05) is 18.5 Å². The zero-order chi connectivity index (χ0) is 18.0. The van der Waals surface area contributed by atoms with Crippen molar-refractivity contribution < 1.29 is 9.32 Å². The quantitative estimate of drug-likeness (QED) is 0.828. The first-order valence-electron chi connectivity index (χ1n) is 8.95. The molecular weight excluding hydrogens is 318 g/mol. The number of amides is 1. The Balaban J connectivity index is 1.61.